The topological polar surface area (TPSA) is 63.3 Å². The summed E-state index contributed by atoms with van der Waals surface area (Å²) in [4.78, 5) is 10.2. The molecule has 1 unspecified atom stereocenters. The molecule has 1 rings (SSSR count). The van der Waals surface area contributed by atoms with E-state index in [-0.39, 0.29) is 12.0 Å². The Morgan fingerprint density at radius 2 is 2.50 bits per heavy atom. The highest BCUT2D eigenvalue weighted by molar-refractivity contribution is 5.69. The highest BCUT2D eigenvalue weighted by Crippen LogP contribution is 2.45. The molecule has 0 bridgehead atoms. The van der Waals surface area contributed by atoms with Gasteiger partial charge in [-0.05, 0) is 12.3 Å². The van der Waals surface area contributed by atoms with Crippen molar-refractivity contribution in [1.29, 1.82) is 0 Å². The average Bonchev–Trinajstić information content (AvgIpc) is 2.39. The largest absolute Gasteiger partial charge is 0.481 e. The van der Waals surface area contributed by atoms with Gasteiger partial charge in [-0.2, -0.15) is 0 Å². The first kappa shape index (κ1) is 7.54. The highest BCUT2D eigenvalue weighted by Gasteiger charge is 2.50. The summed E-state index contributed by atoms with van der Waals surface area (Å²) in [5, 5.41) is 8.42. The molecule has 1 saturated carbocycles. The van der Waals surface area contributed by atoms with Crippen LogP contribution in [-0.2, 0) is 4.79 Å². The Bertz CT molecular complexity index is 158. The Labute approximate surface area is 60.2 Å². The maximum absolute atomic E-state index is 10.2. The first-order chi connectivity index (χ1) is 4.58. The molecule has 0 amide bonds. The molecule has 3 heteroatoms. The van der Waals surface area contributed by atoms with Gasteiger partial charge in [-0.25, -0.2) is 0 Å². The van der Waals surface area contributed by atoms with Gasteiger partial charge < -0.3 is 10.8 Å². The summed E-state index contributed by atoms with van der Waals surface area (Å²) in [6.45, 7) is 2.04. The van der Waals surface area contributed by atoms with E-state index in [1.807, 2.05) is 6.92 Å². The lowest BCUT2D eigenvalue weighted by molar-refractivity contribution is -0.137. The van der Waals surface area contributed by atoms with Crippen LogP contribution in [0.25, 0.3) is 0 Å². The van der Waals surface area contributed by atoms with Crippen LogP contribution in [0.2, 0.25) is 0 Å². The lowest BCUT2D eigenvalue weighted by Crippen LogP contribution is -2.28. The van der Waals surface area contributed by atoms with Gasteiger partial charge in [0.25, 0.3) is 0 Å². The number of hydrogen-bond acceptors (Lipinski definition) is 2. The molecule has 0 aliphatic heterocycles. The van der Waals surface area contributed by atoms with Crippen molar-refractivity contribution >= 4 is 5.97 Å². The lowest BCUT2D eigenvalue weighted by atomic mass is 10.1. The minimum Gasteiger partial charge on any atom is -0.481 e. The van der Waals surface area contributed by atoms with E-state index >= 15 is 0 Å². The van der Waals surface area contributed by atoms with E-state index in [1.165, 1.54) is 0 Å². The summed E-state index contributed by atoms with van der Waals surface area (Å²) < 4.78 is 0. The molecule has 1 fully saturated rings. The van der Waals surface area contributed by atoms with Crippen molar-refractivity contribution in [1.82, 2.24) is 0 Å². The van der Waals surface area contributed by atoms with E-state index in [0.29, 0.717) is 5.92 Å². The van der Waals surface area contributed by atoms with Crippen molar-refractivity contribution in [2.45, 2.75) is 31.7 Å². The normalized spacial score (nSPS) is 37.6. The first-order valence-electron chi connectivity index (χ1n) is 3.59. The predicted octanol–water partition coefficient (Wildman–Crippen LogP) is 0.589. The molecule has 1 aliphatic rings. The highest BCUT2D eigenvalue weighted by atomic mass is 16.4. The number of rotatable bonds is 3. The molecule has 2 atom stereocenters. The molecule has 0 heterocycles. The zero-order chi connectivity index (χ0) is 7.78. The van der Waals surface area contributed by atoms with Crippen LogP contribution in [0.4, 0.5) is 0 Å². The molecule has 3 N–H and O–H groups in total. The molecule has 0 aromatic heterocycles. The van der Waals surface area contributed by atoms with Gasteiger partial charge in [0, 0.05) is 5.54 Å². The fourth-order valence-electron chi connectivity index (χ4n) is 1.45. The molecule has 58 valence electrons. The van der Waals surface area contributed by atoms with E-state index in [2.05, 4.69) is 0 Å². The standard InChI is InChI=1S/C7H13NO2/c1-2-5-3-7(5,8)4-6(9)10/h5H,2-4,8H2,1H3,(H,9,10)/t5?,7-/m0/s1. The van der Waals surface area contributed by atoms with Crippen molar-refractivity contribution in [2.75, 3.05) is 0 Å². The second kappa shape index (κ2) is 2.23. The number of carbonyl (C=O) groups is 1. The van der Waals surface area contributed by atoms with Crippen LogP contribution in [0.3, 0.4) is 0 Å². The van der Waals surface area contributed by atoms with Crippen LogP contribution in [0.15, 0.2) is 0 Å². The molecule has 0 aromatic carbocycles. The van der Waals surface area contributed by atoms with E-state index in [9.17, 15) is 4.79 Å². The maximum Gasteiger partial charge on any atom is 0.305 e. The number of carboxylic acid groups (broad SMARTS) is 1. The van der Waals surface area contributed by atoms with Gasteiger partial charge in [-0.15, -0.1) is 0 Å². The van der Waals surface area contributed by atoms with E-state index < -0.39 is 5.97 Å². The molecule has 0 spiro atoms. The summed E-state index contributed by atoms with van der Waals surface area (Å²) in [5.74, 6) is -0.331. The first-order valence-corrected chi connectivity index (χ1v) is 3.59. The van der Waals surface area contributed by atoms with Gasteiger partial charge in [-0.1, -0.05) is 13.3 Å². The van der Waals surface area contributed by atoms with Gasteiger partial charge in [0.05, 0.1) is 6.42 Å². The Hall–Kier alpha value is -0.570. The fourth-order valence-corrected chi connectivity index (χ4v) is 1.45. The van der Waals surface area contributed by atoms with E-state index in [0.717, 1.165) is 12.8 Å². The molecule has 3 nitrogen and oxygen atoms in total. The number of hydrogen-bond donors (Lipinski definition) is 2. The number of aliphatic carboxylic acids is 1. The molecule has 0 saturated heterocycles. The van der Waals surface area contributed by atoms with Gasteiger partial charge in [0.2, 0.25) is 0 Å². The zero-order valence-electron chi connectivity index (χ0n) is 6.13. The Morgan fingerprint density at radius 3 is 2.80 bits per heavy atom. The van der Waals surface area contributed by atoms with Crippen LogP contribution in [0.1, 0.15) is 26.2 Å². The quantitative estimate of drug-likeness (QED) is 0.607. The third-order valence-electron chi connectivity index (χ3n) is 2.25. The predicted molar refractivity (Wildman–Crippen MR) is 37.6 cm³/mol. The van der Waals surface area contributed by atoms with E-state index in [1.54, 1.807) is 0 Å². The van der Waals surface area contributed by atoms with Crippen LogP contribution in [0, 0.1) is 5.92 Å². The van der Waals surface area contributed by atoms with Gasteiger partial charge in [0.15, 0.2) is 0 Å². The molecular weight excluding hydrogens is 130 g/mol. The lowest BCUT2D eigenvalue weighted by Gasteiger charge is -2.05. The van der Waals surface area contributed by atoms with Crippen LogP contribution in [-0.4, -0.2) is 16.6 Å². The molecule has 0 radical (unpaired) electrons. The SMILES string of the molecule is CCC1C[C@]1(N)CC(=O)O. The van der Waals surface area contributed by atoms with Gasteiger partial charge in [0.1, 0.15) is 0 Å². The third-order valence-corrected chi connectivity index (χ3v) is 2.25. The minimum atomic E-state index is -0.779. The van der Waals surface area contributed by atoms with Crippen molar-refractivity contribution < 1.29 is 9.90 Å². The summed E-state index contributed by atoms with van der Waals surface area (Å²) in [5.41, 5.74) is 5.36. The fraction of sp³-hybridized carbons (Fsp3) is 0.857. The van der Waals surface area contributed by atoms with Crippen molar-refractivity contribution in [3.8, 4) is 0 Å². The average molecular weight is 143 g/mol. The monoisotopic (exact) mass is 143 g/mol. The van der Waals surface area contributed by atoms with Crippen molar-refractivity contribution in [3.05, 3.63) is 0 Å². The Balaban J connectivity index is 2.36. The minimum absolute atomic E-state index is 0.130. The van der Waals surface area contributed by atoms with Crippen LogP contribution in [0.5, 0.6) is 0 Å². The van der Waals surface area contributed by atoms with Crippen LogP contribution >= 0.6 is 0 Å². The Kier molecular flexibility index (Phi) is 1.68. The van der Waals surface area contributed by atoms with Gasteiger partial charge >= 0.3 is 5.97 Å². The molecule has 0 aromatic rings. The summed E-state index contributed by atoms with van der Waals surface area (Å²) in [7, 11) is 0. The second-order valence-electron chi connectivity index (χ2n) is 3.11. The zero-order valence-corrected chi connectivity index (χ0v) is 6.13. The van der Waals surface area contributed by atoms with Crippen LogP contribution < -0.4 is 5.73 Å². The molecular formula is C7H13NO2. The smallest absolute Gasteiger partial charge is 0.305 e. The second-order valence-corrected chi connectivity index (χ2v) is 3.11. The van der Waals surface area contributed by atoms with E-state index in [4.69, 9.17) is 10.8 Å². The number of nitrogens with two attached hydrogens (primary N) is 1. The number of carboxylic acids is 1. The maximum atomic E-state index is 10.2. The van der Waals surface area contributed by atoms with Crippen molar-refractivity contribution in [3.63, 3.8) is 0 Å². The molecule has 1 aliphatic carbocycles. The Morgan fingerprint density at radius 1 is 1.90 bits per heavy atom. The summed E-state index contributed by atoms with van der Waals surface area (Å²) in [6.07, 6.45) is 2.02. The van der Waals surface area contributed by atoms with Gasteiger partial charge in [-0.3, -0.25) is 4.79 Å². The third kappa shape index (κ3) is 1.29. The molecule has 10 heavy (non-hydrogen) atoms. The summed E-state index contributed by atoms with van der Waals surface area (Å²) >= 11 is 0. The summed E-state index contributed by atoms with van der Waals surface area (Å²) in [6, 6.07) is 0. The van der Waals surface area contributed by atoms with Crippen molar-refractivity contribution in [2.24, 2.45) is 11.7 Å².